The predicted molar refractivity (Wildman–Crippen MR) is 86.9 cm³/mol. The van der Waals surface area contributed by atoms with Crippen molar-refractivity contribution < 1.29 is 4.79 Å². The van der Waals surface area contributed by atoms with Crippen LogP contribution in [0, 0.1) is 0 Å². The summed E-state index contributed by atoms with van der Waals surface area (Å²) in [5, 5.41) is 10.4. The van der Waals surface area contributed by atoms with Gasteiger partial charge in [-0.25, -0.2) is 4.68 Å². The fraction of sp³-hybridized carbons (Fsp3) is 0.286. The van der Waals surface area contributed by atoms with E-state index in [1.54, 1.807) is 18.0 Å². The predicted octanol–water partition coefficient (Wildman–Crippen LogP) is 1.57. The van der Waals surface area contributed by atoms with Gasteiger partial charge in [0.15, 0.2) is 0 Å². The molecule has 7 heteroatoms. The van der Waals surface area contributed by atoms with Crippen LogP contribution in [0.15, 0.2) is 42.7 Å². The Hall–Kier alpha value is -1.50. The van der Waals surface area contributed by atoms with Crippen molar-refractivity contribution in [1.82, 2.24) is 20.4 Å². The van der Waals surface area contributed by atoms with Crippen molar-refractivity contribution in [2.75, 3.05) is 11.6 Å². The Kier molecular flexibility index (Phi) is 5.67. The van der Waals surface area contributed by atoms with Gasteiger partial charge in [-0.15, -0.1) is 24.2 Å². The van der Waals surface area contributed by atoms with Crippen molar-refractivity contribution in [1.29, 1.82) is 0 Å². The van der Waals surface area contributed by atoms with Gasteiger partial charge in [-0.3, -0.25) is 10.1 Å². The summed E-state index contributed by atoms with van der Waals surface area (Å²) in [6.07, 6.45) is 3.72. The number of nitrogens with one attached hydrogen (secondary N) is 2. The maximum Gasteiger partial charge on any atom is 0.238 e. The highest BCUT2D eigenvalue weighted by Crippen LogP contribution is 2.10. The summed E-state index contributed by atoms with van der Waals surface area (Å²) in [4.78, 5) is 11.9. The lowest BCUT2D eigenvalue weighted by Gasteiger charge is -2.09. The largest absolute Gasteiger partial charge is 0.351 e. The van der Waals surface area contributed by atoms with Gasteiger partial charge in [0, 0.05) is 29.9 Å². The first-order valence-electron chi connectivity index (χ1n) is 6.51. The first-order chi connectivity index (χ1) is 9.83. The Morgan fingerprint density at radius 2 is 2.24 bits per heavy atom. The van der Waals surface area contributed by atoms with E-state index < -0.39 is 0 Å². The average molecular weight is 325 g/mol. The molecule has 1 aromatic carbocycles. The molecule has 1 unspecified atom stereocenters. The third-order valence-electron chi connectivity index (χ3n) is 3.16. The van der Waals surface area contributed by atoms with Gasteiger partial charge < -0.3 is 5.32 Å². The van der Waals surface area contributed by atoms with E-state index in [1.165, 1.54) is 0 Å². The molecule has 1 amide bonds. The summed E-state index contributed by atoms with van der Waals surface area (Å²) in [6.45, 7) is 0.508. The minimum Gasteiger partial charge on any atom is -0.351 e. The molecule has 0 radical (unpaired) electrons. The molecule has 1 aromatic heterocycles. The molecule has 0 bridgehead atoms. The normalized spacial score (nSPS) is 17.2. The summed E-state index contributed by atoms with van der Waals surface area (Å²) < 4.78 is 1.81. The lowest BCUT2D eigenvalue weighted by atomic mass is 10.3. The third kappa shape index (κ3) is 4.00. The molecule has 21 heavy (non-hydrogen) atoms. The molecular weight excluding hydrogens is 308 g/mol. The highest BCUT2D eigenvalue weighted by Gasteiger charge is 2.21. The zero-order chi connectivity index (χ0) is 13.8. The number of amides is 1. The van der Waals surface area contributed by atoms with E-state index in [0.29, 0.717) is 6.54 Å². The van der Waals surface area contributed by atoms with Crippen LogP contribution in [-0.4, -0.2) is 33.4 Å². The number of carbonyl (C=O) groups is 1. The number of para-hydroxylation sites is 1. The van der Waals surface area contributed by atoms with Gasteiger partial charge in [0.2, 0.25) is 5.91 Å². The van der Waals surface area contributed by atoms with Crippen molar-refractivity contribution in [3.05, 3.63) is 48.3 Å². The summed E-state index contributed by atoms with van der Waals surface area (Å²) in [7, 11) is 0. The minimum absolute atomic E-state index is 0. The second-order valence-corrected chi connectivity index (χ2v) is 5.65. The number of halogens is 1. The third-order valence-corrected chi connectivity index (χ3v) is 4.10. The molecule has 2 aromatic rings. The van der Waals surface area contributed by atoms with Gasteiger partial charge >= 0.3 is 0 Å². The average Bonchev–Trinajstić information content (AvgIpc) is 3.17. The minimum atomic E-state index is -0.0656. The van der Waals surface area contributed by atoms with Gasteiger partial charge in [-0.05, 0) is 12.1 Å². The molecule has 1 aliphatic heterocycles. The molecule has 3 rings (SSSR count). The Bertz CT molecular complexity index is 584. The van der Waals surface area contributed by atoms with Crippen LogP contribution in [-0.2, 0) is 11.3 Å². The van der Waals surface area contributed by atoms with Crippen LogP contribution in [0.2, 0.25) is 0 Å². The summed E-state index contributed by atoms with van der Waals surface area (Å²) in [5.74, 6) is 1.75. The highest BCUT2D eigenvalue weighted by molar-refractivity contribution is 7.99. The van der Waals surface area contributed by atoms with E-state index in [1.807, 2.05) is 41.2 Å². The Labute approximate surface area is 133 Å². The van der Waals surface area contributed by atoms with Crippen LogP contribution in [0.3, 0.4) is 0 Å². The first-order valence-corrected chi connectivity index (χ1v) is 7.66. The SMILES string of the molecule is Cl.O=C(NCc1cnn(-c2ccccc2)c1)C1CSCN1. The lowest BCUT2D eigenvalue weighted by molar-refractivity contribution is -0.122. The Morgan fingerprint density at radius 3 is 2.95 bits per heavy atom. The standard InChI is InChI=1S/C14H16N4OS.ClH/c19-14(13-9-20-10-16-13)15-6-11-7-17-18(8-11)12-4-2-1-3-5-12;/h1-5,7-8,13,16H,6,9-10H2,(H,15,19);1H. The van der Waals surface area contributed by atoms with Crippen LogP contribution in [0.1, 0.15) is 5.56 Å². The Balaban J connectivity index is 0.00000161. The highest BCUT2D eigenvalue weighted by atomic mass is 35.5. The quantitative estimate of drug-likeness (QED) is 0.896. The van der Waals surface area contributed by atoms with Gasteiger partial charge in [-0.2, -0.15) is 5.10 Å². The number of benzene rings is 1. The number of carbonyl (C=O) groups excluding carboxylic acids is 1. The van der Waals surface area contributed by atoms with Crippen molar-refractivity contribution in [3.8, 4) is 5.69 Å². The zero-order valence-electron chi connectivity index (χ0n) is 11.4. The number of hydrogen-bond donors (Lipinski definition) is 2. The van der Waals surface area contributed by atoms with E-state index in [4.69, 9.17) is 0 Å². The van der Waals surface area contributed by atoms with Gasteiger partial charge in [-0.1, -0.05) is 18.2 Å². The number of hydrogen-bond acceptors (Lipinski definition) is 4. The topological polar surface area (TPSA) is 59.0 Å². The van der Waals surface area contributed by atoms with Crippen LogP contribution in [0.4, 0.5) is 0 Å². The Morgan fingerprint density at radius 1 is 1.43 bits per heavy atom. The second-order valence-electron chi connectivity index (χ2n) is 4.62. The summed E-state index contributed by atoms with van der Waals surface area (Å²) in [6, 6.07) is 9.85. The van der Waals surface area contributed by atoms with Crippen LogP contribution >= 0.6 is 24.2 Å². The first kappa shape index (κ1) is 15.9. The van der Waals surface area contributed by atoms with E-state index in [9.17, 15) is 4.79 Å². The smallest absolute Gasteiger partial charge is 0.238 e. The number of thioether (sulfide) groups is 1. The fourth-order valence-electron chi connectivity index (χ4n) is 2.05. The second kappa shape index (κ2) is 7.49. The summed E-state index contributed by atoms with van der Waals surface area (Å²) >= 11 is 1.75. The van der Waals surface area contributed by atoms with E-state index >= 15 is 0 Å². The van der Waals surface area contributed by atoms with E-state index in [2.05, 4.69) is 15.7 Å². The molecule has 1 saturated heterocycles. The van der Waals surface area contributed by atoms with Crippen molar-refractivity contribution in [2.45, 2.75) is 12.6 Å². The molecule has 0 saturated carbocycles. The van der Waals surface area contributed by atoms with Gasteiger partial charge in [0.25, 0.3) is 0 Å². The van der Waals surface area contributed by atoms with Crippen molar-refractivity contribution >= 4 is 30.1 Å². The molecule has 0 aliphatic carbocycles. The molecule has 1 atom stereocenters. The van der Waals surface area contributed by atoms with Crippen LogP contribution < -0.4 is 10.6 Å². The molecule has 0 spiro atoms. The number of nitrogens with zero attached hydrogens (tertiary/aromatic N) is 2. The maximum atomic E-state index is 11.9. The van der Waals surface area contributed by atoms with E-state index in [0.717, 1.165) is 22.9 Å². The van der Waals surface area contributed by atoms with E-state index in [-0.39, 0.29) is 24.4 Å². The van der Waals surface area contributed by atoms with Crippen molar-refractivity contribution in [2.24, 2.45) is 0 Å². The van der Waals surface area contributed by atoms with Gasteiger partial charge in [0.1, 0.15) is 0 Å². The van der Waals surface area contributed by atoms with Crippen LogP contribution in [0.5, 0.6) is 0 Å². The monoisotopic (exact) mass is 324 g/mol. The molecule has 5 nitrogen and oxygen atoms in total. The summed E-state index contributed by atoms with van der Waals surface area (Å²) in [5.41, 5.74) is 2.01. The molecule has 112 valence electrons. The lowest BCUT2D eigenvalue weighted by Crippen LogP contribution is -2.41. The number of aromatic nitrogens is 2. The fourth-order valence-corrected chi connectivity index (χ4v) is 2.99. The molecule has 1 fully saturated rings. The maximum absolute atomic E-state index is 11.9. The molecule has 2 N–H and O–H groups in total. The molecule has 1 aliphatic rings. The van der Waals surface area contributed by atoms with Gasteiger partial charge in [0.05, 0.1) is 17.9 Å². The van der Waals surface area contributed by atoms with Crippen LogP contribution in [0.25, 0.3) is 5.69 Å². The van der Waals surface area contributed by atoms with Crippen molar-refractivity contribution in [3.63, 3.8) is 0 Å². The molecular formula is C14H17ClN4OS. The number of rotatable bonds is 4. The molecule has 2 heterocycles. The zero-order valence-corrected chi connectivity index (χ0v) is 13.0.